The third-order valence-electron chi connectivity index (χ3n) is 4.29. The number of carbonyl (C=O) groups is 1. The van der Waals surface area contributed by atoms with E-state index in [1.54, 1.807) is 12.5 Å². The Morgan fingerprint density at radius 2 is 2.28 bits per heavy atom. The van der Waals surface area contributed by atoms with Gasteiger partial charge in [-0.2, -0.15) is 0 Å². The summed E-state index contributed by atoms with van der Waals surface area (Å²) in [7, 11) is 0. The van der Waals surface area contributed by atoms with Gasteiger partial charge in [0.15, 0.2) is 5.13 Å². The lowest BCUT2D eigenvalue weighted by molar-refractivity contribution is -0.119. The molecule has 3 heterocycles. The van der Waals surface area contributed by atoms with Crippen molar-refractivity contribution in [3.8, 4) is 0 Å². The van der Waals surface area contributed by atoms with E-state index >= 15 is 0 Å². The predicted octanol–water partition coefficient (Wildman–Crippen LogP) is 3.68. The Labute approximate surface area is 154 Å². The standard InChI is InChI=1S/C17H18ClN5OS/c1-11-15-13(9-14(18)20-11)25-17(21-15)23(16(24)12-3-4-12)7-2-6-22-8-5-19-10-22/h5,8-10,12H,2-4,6-7H2,1H3. The molecule has 0 N–H and O–H groups in total. The fourth-order valence-corrected chi connectivity index (χ4v) is 4.21. The summed E-state index contributed by atoms with van der Waals surface area (Å²) in [6, 6.07) is 1.82. The van der Waals surface area contributed by atoms with Crippen molar-refractivity contribution in [1.29, 1.82) is 0 Å². The number of nitrogens with zero attached hydrogens (tertiary/aromatic N) is 5. The van der Waals surface area contributed by atoms with E-state index in [4.69, 9.17) is 11.6 Å². The van der Waals surface area contributed by atoms with Crippen LogP contribution >= 0.6 is 22.9 Å². The monoisotopic (exact) mass is 375 g/mol. The molecule has 0 bridgehead atoms. The van der Waals surface area contributed by atoms with Gasteiger partial charge in [-0.1, -0.05) is 22.9 Å². The average molecular weight is 376 g/mol. The van der Waals surface area contributed by atoms with Gasteiger partial charge in [0.05, 0.1) is 16.7 Å². The quantitative estimate of drug-likeness (QED) is 0.616. The third kappa shape index (κ3) is 3.52. The smallest absolute Gasteiger partial charge is 0.231 e. The van der Waals surface area contributed by atoms with Crippen molar-refractivity contribution in [3.63, 3.8) is 0 Å². The summed E-state index contributed by atoms with van der Waals surface area (Å²) < 4.78 is 2.99. The van der Waals surface area contributed by atoms with Crippen molar-refractivity contribution in [3.05, 3.63) is 35.6 Å². The maximum absolute atomic E-state index is 12.8. The number of hydrogen-bond acceptors (Lipinski definition) is 5. The molecule has 130 valence electrons. The van der Waals surface area contributed by atoms with E-state index in [-0.39, 0.29) is 11.8 Å². The minimum Gasteiger partial charge on any atom is -0.337 e. The molecule has 1 aliphatic carbocycles. The molecule has 3 aromatic heterocycles. The van der Waals surface area contributed by atoms with Crippen molar-refractivity contribution in [1.82, 2.24) is 19.5 Å². The number of halogens is 1. The van der Waals surface area contributed by atoms with Gasteiger partial charge < -0.3 is 4.57 Å². The Bertz CT molecular complexity index is 903. The molecule has 0 radical (unpaired) electrons. The van der Waals surface area contributed by atoms with Crippen LogP contribution in [0.25, 0.3) is 10.2 Å². The van der Waals surface area contributed by atoms with E-state index in [1.807, 2.05) is 28.7 Å². The first-order chi connectivity index (χ1) is 12.1. The van der Waals surface area contributed by atoms with Crippen LogP contribution in [0.3, 0.4) is 0 Å². The topological polar surface area (TPSA) is 63.9 Å². The molecule has 0 aliphatic heterocycles. The maximum Gasteiger partial charge on any atom is 0.231 e. The van der Waals surface area contributed by atoms with Crippen molar-refractivity contribution in [2.45, 2.75) is 32.7 Å². The first kappa shape index (κ1) is 16.5. The number of amides is 1. The van der Waals surface area contributed by atoms with Gasteiger partial charge in [0.25, 0.3) is 0 Å². The number of carbonyl (C=O) groups excluding carboxylic acids is 1. The summed E-state index contributed by atoms with van der Waals surface area (Å²) >= 11 is 7.56. The van der Waals surface area contributed by atoms with Crippen LogP contribution in [0.1, 0.15) is 25.0 Å². The Morgan fingerprint density at radius 3 is 3.00 bits per heavy atom. The number of imidazole rings is 1. The zero-order valence-electron chi connectivity index (χ0n) is 13.9. The van der Waals surface area contributed by atoms with Crippen LogP contribution in [-0.4, -0.2) is 32.0 Å². The molecule has 0 unspecified atom stereocenters. The molecule has 0 spiro atoms. The predicted molar refractivity (Wildman–Crippen MR) is 99.1 cm³/mol. The molecule has 8 heteroatoms. The SMILES string of the molecule is Cc1nc(Cl)cc2sc(N(CCCn3ccnc3)C(=O)C3CC3)nc12. The van der Waals surface area contributed by atoms with Crippen LogP contribution in [0.5, 0.6) is 0 Å². The molecular formula is C17H18ClN5OS. The van der Waals surface area contributed by atoms with Crippen LogP contribution in [-0.2, 0) is 11.3 Å². The third-order valence-corrected chi connectivity index (χ3v) is 5.51. The molecule has 1 amide bonds. The number of fused-ring (bicyclic) bond motifs is 1. The van der Waals surface area contributed by atoms with E-state index in [2.05, 4.69) is 15.0 Å². The van der Waals surface area contributed by atoms with Gasteiger partial charge in [0.2, 0.25) is 5.91 Å². The van der Waals surface area contributed by atoms with E-state index in [0.29, 0.717) is 11.7 Å². The van der Waals surface area contributed by atoms with Crippen LogP contribution < -0.4 is 4.90 Å². The van der Waals surface area contributed by atoms with E-state index in [9.17, 15) is 4.79 Å². The summed E-state index contributed by atoms with van der Waals surface area (Å²) in [6.07, 6.45) is 8.30. The number of anilines is 1. The largest absolute Gasteiger partial charge is 0.337 e. The van der Waals surface area contributed by atoms with Gasteiger partial charge in [0, 0.05) is 31.4 Å². The lowest BCUT2D eigenvalue weighted by Gasteiger charge is -2.19. The fourth-order valence-electron chi connectivity index (χ4n) is 2.83. The van der Waals surface area contributed by atoms with Crippen LogP contribution in [0, 0.1) is 12.8 Å². The van der Waals surface area contributed by atoms with Gasteiger partial charge >= 0.3 is 0 Å². The second-order valence-electron chi connectivity index (χ2n) is 6.29. The number of rotatable bonds is 6. The van der Waals surface area contributed by atoms with Crippen molar-refractivity contribution in [2.24, 2.45) is 5.92 Å². The molecule has 1 aliphatic rings. The molecule has 6 nitrogen and oxygen atoms in total. The van der Waals surface area contributed by atoms with Gasteiger partial charge in [0.1, 0.15) is 10.7 Å². The molecule has 0 saturated heterocycles. The van der Waals surface area contributed by atoms with Gasteiger partial charge in [-0.05, 0) is 32.3 Å². The number of hydrogen-bond donors (Lipinski definition) is 0. The van der Waals surface area contributed by atoms with Gasteiger partial charge in [-0.25, -0.2) is 15.0 Å². The van der Waals surface area contributed by atoms with Crippen molar-refractivity contribution in [2.75, 3.05) is 11.4 Å². The number of thiazole rings is 1. The lowest BCUT2D eigenvalue weighted by atomic mass is 10.3. The van der Waals surface area contributed by atoms with Crippen LogP contribution in [0.15, 0.2) is 24.8 Å². The molecular weight excluding hydrogens is 358 g/mol. The summed E-state index contributed by atoms with van der Waals surface area (Å²) in [5, 5.41) is 1.20. The normalized spacial score (nSPS) is 14.2. The minimum atomic E-state index is 0.156. The van der Waals surface area contributed by atoms with Crippen LogP contribution in [0.4, 0.5) is 5.13 Å². The summed E-state index contributed by atoms with van der Waals surface area (Å²) in [5.41, 5.74) is 1.62. The molecule has 1 saturated carbocycles. The summed E-state index contributed by atoms with van der Waals surface area (Å²) in [6.45, 7) is 3.36. The number of aromatic nitrogens is 4. The molecule has 0 aromatic carbocycles. The maximum atomic E-state index is 12.8. The van der Waals surface area contributed by atoms with Crippen molar-refractivity contribution >= 4 is 44.2 Å². The summed E-state index contributed by atoms with van der Waals surface area (Å²) in [4.78, 5) is 27.6. The molecule has 0 atom stereocenters. The van der Waals surface area contributed by atoms with Crippen molar-refractivity contribution < 1.29 is 4.79 Å². The Morgan fingerprint density at radius 1 is 1.44 bits per heavy atom. The highest BCUT2D eigenvalue weighted by molar-refractivity contribution is 7.22. The highest BCUT2D eigenvalue weighted by Gasteiger charge is 2.35. The van der Waals surface area contributed by atoms with Crippen LogP contribution in [0.2, 0.25) is 5.15 Å². The molecule has 1 fully saturated rings. The first-order valence-electron chi connectivity index (χ1n) is 8.32. The molecule has 3 aromatic rings. The second-order valence-corrected chi connectivity index (χ2v) is 7.69. The fraction of sp³-hybridized carbons (Fsp3) is 0.412. The molecule has 25 heavy (non-hydrogen) atoms. The van der Waals surface area contributed by atoms with Gasteiger partial charge in [-0.3, -0.25) is 9.69 Å². The zero-order valence-corrected chi connectivity index (χ0v) is 15.4. The second kappa shape index (κ2) is 6.72. The Hall–Kier alpha value is -1.99. The van der Waals surface area contributed by atoms with E-state index < -0.39 is 0 Å². The van der Waals surface area contributed by atoms with E-state index in [0.717, 1.165) is 46.8 Å². The Kier molecular flexibility index (Phi) is 4.43. The Balaban J connectivity index is 1.58. The number of pyridine rings is 1. The highest BCUT2D eigenvalue weighted by atomic mass is 35.5. The van der Waals surface area contributed by atoms with Gasteiger partial charge in [-0.15, -0.1) is 0 Å². The lowest BCUT2D eigenvalue weighted by Crippen LogP contribution is -2.33. The average Bonchev–Trinajstić information content (AvgIpc) is 3.13. The van der Waals surface area contributed by atoms with E-state index in [1.165, 1.54) is 11.3 Å². The molecule has 4 rings (SSSR count). The highest BCUT2D eigenvalue weighted by Crippen LogP contribution is 2.36. The first-order valence-corrected chi connectivity index (χ1v) is 9.52. The number of aryl methyl sites for hydroxylation is 2. The zero-order chi connectivity index (χ0) is 17.4. The minimum absolute atomic E-state index is 0.156. The summed E-state index contributed by atoms with van der Waals surface area (Å²) in [5.74, 6) is 0.337.